The molecule has 0 saturated carbocycles. The number of likely N-dealkylation sites (N-methyl/N-ethyl adjacent to an activating group) is 2. The highest BCUT2D eigenvalue weighted by Gasteiger charge is 2.08. The molecule has 0 spiro atoms. The zero-order chi connectivity index (χ0) is 12.7. The fourth-order valence-electron chi connectivity index (χ4n) is 1.88. The quantitative estimate of drug-likeness (QED) is 0.695. The van der Waals surface area contributed by atoms with Gasteiger partial charge >= 0.3 is 0 Å². The van der Waals surface area contributed by atoms with Crippen LogP contribution in [-0.4, -0.2) is 40.9 Å². The molecule has 98 valence electrons. The summed E-state index contributed by atoms with van der Waals surface area (Å²) in [5.74, 6) is 0. The molecule has 1 aromatic rings. The van der Waals surface area contributed by atoms with E-state index in [4.69, 9.17) is 0 Å². The van der Waals surface area contributed by atoms with E-state index < -0.39 is 0 Å². The van der Waals surface area contributed by atoms with Crippen LogP contribution in [0.15, 0.2) is 6.07 Å². The minimum absolute atomic E-state index is 0.991. The lowest BCUT2D eigenvalue weighted by molar-refractivity contribution is 0.272. The van der Waals surface area contributed by atoms with Crippen LogP contribution in [0.3, 0.4) is 0 Å². The summed E-state index contributed by atoms with van der Waals surface area (Å²) in [6, 6.07) is 2.22. The smallest absolute Gasteiger partial charge is 0.0625 e. The minimum Gasteiger partial charge on any atom is -0.316 e. The van der Waals surface area contributed by atoms with E-state index in [9.17, 15) is 0 Å². The predicted molar refractivity (Wildman–Crippen MR) is 72.1 cm³/mol. The van der Waals surface area contributed by atoms with Crippen LogP contribution in [-0.2, 0) is 20.0 Å². The zero-order valence-electron chi connectivity index (χ0n) is 11.7. The minimum atomic E-state index is 0.991. The van der Waals surface area contributed by atoms with E-state index in [0.717, 1.165) is 39.1 Å². The number of aromatic nitrogens is 2. The second-order valence-electron chi connectivity index (χ2n) is 4.33. The maximum Gasteiger partial charge on any atom is 0.0625 e. The number of hydrogen-bond donors (Lipinski definition) is 1. The monoisotopic (exact) mass is 238 g/mol. The van der Waals surface area contributed by atoms with Crippen LogP contribution in [0.1, 0.15) is 32.2 Å². The van der Waals surface area contributed by atoms with E-state index in [-0.39, 0.29) is 0 Å². The van der Waals surface area contributed by atoms with Crippen LogP contribution in [0.4, 0.5) is 0 Å². The normalized spacial score (nSPS) is 11.4. The van der Waals surface area contributed by atoms with Crippen LogP contribution in [0, 0.1) is 0 Å². The average Bonchev–Trinajstić information content (AvgIpc) is 2.69. The lowest BCUT2D eigenvalue weighted by Gasteiger charge is -2.20. The first-order valence-electron chi connectivity index (χ1n) is 6.66. The van der Waals surface area contributed by atoms with Crippen molar-refractivity contribution in [3.05, 3.63) is 17.5 Å². The molecule has 1 aromatic heterocycles. The summed E-state index contributed by atoms with van der Waals surface area (Å²) >= 11 is 0. The molecule has 0 aliphatic rings. The SMILES string of the molecule is CCNCCN(CC)Cc1cc(CC)nn1C. The molecule has 17 heavy (non-hydrogen) atoms. The highest BCUT2D eigenvalue weighted by molar-refractivity contribution is 5.10. The summed E-state index contributed by atoms with van der Waals surface area (Å²) in [5, 5.41) is 7.85. The van der Waals surface area contributed by atoms with Gasteiger partial charge in [0, 0.05) is 26.7 Å². The molecule has 0 aliphatic carbocycles. The Bertz CT molecular complexity index is 319. The molecular weight excluding hydrogens is 212 g/mol. The molecule has 0 aliphatic heterocycles. The van der Waals surface area contributed by atoms with Gasteiger partial charge in [-0.1, -0.05) is 20.8 Å². The van der Waals surface area contributed by atoms with Gasteiger partial charge < -0.3 is 5.32 Å². The second-order valence-corrected chi connectivity index (χ2v) is 4.33. The maximum atomic E-state index is 4.49. The first-order valence-corrected chi connectivity index (χ1v) is 6.66. The van der Waals surface area contributed by atoms with Crippen molar-refractivity contribution in [1.29, 1.82) is 0 Å². The molecular formula is C13H26N4. The van der Waals surface area contributed by atoms with Crippen LogP contribution in [0.5, 0.6) is 0 Å². The third kappa shape index (κ3) is 4.48. The standard InChI is InChI=1S/C13H26N4/c1-5-12-10-13(16(4)15-12)11-17(7-3)9-8-14-6-2/h10,14H,5-9,11H2,1-4H3. The molecule has 0 atom stereocenters. The van der Waals surface area contributed by atoms with Crippen molar-refractivity contribution in [2.75, 3.05) is 26.2 Å². The Balaban J connectivity index is 2.51. The number of nitrogens with zero attached hydrogens (tertiary/aromatic N) is 3. The van der Waals surface area contributed by atoms with Gasteiger partial charge in [0.15, 0.2) is 0 Å². The maximum absolute atomic E-state index is 4.49. The van der Waals surface area contributed by atoms with E-state index in [0.29, 0.717) is 0 Å². The summed E-state index contributed by atoms with van der Waals surface area (Å²) in [6.07, 6.45) is 1.01. The lowest BCUT2D eigenvalue weighted by Crippen LogP contribution is -2.32. The molecule has 1 heterocycles. The largest absolute Gasteiger partial charge is 0.316 e. The predicted octanol–water partition coefficient (Wildman–Crippen LogP) is 1.41. The zero-order valence-corrected chi connectivity index (χ0v) is 11.7. The molecule has 0 aromatic carbocycles. The van der Waals surface area contributed by atoms with Crippen molar-refractivity contribution in [2.45, 2.75) is 33.7 Å². The van der Waals surface area contributed by atoms with Crippen molar-refractivity contribution in [3.8, 4) is 0 Å². The van der Waals surface area contributed by atoms with Gasteiger partial charge in [0.1, 0.15) is 0 Å². The molecule has 0 radical (unpaired) electrons. The Labute approximate surface area is 105 Å². The fraction of sp³-hybridized carbons (Fsp3) is 0.769. The summed E-state index contributed by atoms with van der Waals surface area (Å²) in [6.45, 7) is 11.8. The highest BCUT2D eigenvalue weighted by Crippen LogP contribution is 2.07. The van der Waals surface area contributed by atoms with Crippen molar-refractivity contribution in [3.63, 3.8) is 0 Å². The van der Waals surface area contributed by atoms with E-state index in [2.05, 4.69) is 42.2 Å². The van der Waals surface area contributed by atoms with Gasteiger partial charge in [0.2, 0.25) is 0 Å². The van der Waals surface area contributed by atoms with Crippen molar-refractivity contribution < 1.29 is 0 Å². The van der Waals surface area contributed by atoms with Crippen molar-refractivity contribution >= 4 is 0 Å². The van der Waals surface area contributed by atoms with E-state index in [1.165, 1.54) is 11.4 Å². The summed E-state index contributed by atoms with van der Waals surface area (Å²) in [4.78, 5) is 2.44. The van der Waals surface area contributed by atoms with Crippen LogP contribution < -0.4 is 5.32 Å². The van der Waals surface area contributed by atoms with Crippen LogP contribution >= 0.6 is 0 Å². The molecule has 0 unspecified atom stereocenters. The number of nitrogens with one attached hydrogen (secondary N) is 1. The molecule has 1 rings (SSSR count). The molecule has 4 nitrogen and oxygen atoms in total. The highest BCUT2D eigenvalue weighted by atomic mass is 15.3. The van der Waals surface area contributed by atoms with Crippen molar-refractivity contribution in [2.24, 2.45) is 7.05 Å². The first-order chi connectivity index (χ1) is 8.21. The second kappa shape index (κ2) is 7.45. The Morgan fingerprint density at radius 1 is 1.35 bits per heavy atom. The van der Waals surface area contributed by atoms with Gasteiger partial charge in [-0.2, -0.15) is 5.10 Å². The Morgan fingerprint density at radius 3 is 2.65 bits per heavy atom. The lowest BCUT2D eigenvalue weighted by atomic mass is 10.3. The van der Waals surface area contributed by atoms with Crippen molar-refractivity contribution in [1.82, 2.24) is 20.0 Å². The topological polar surface area (TPSA) is 33.1 Å². The van der Waals surface area contributed by atoms with E-state index in [1.807, 2.05) is 11.7 Å². The van der Waals surface area contributed by atoms with Gasteiger partial charge in [-0.3, -0.25) is 9.58 Å². The summed E-state index contributed by atoms with van der Waals surface area (Å²) in [7, 11) is 2.03. The number of hydrogen-bond acceptors (Lipinski definition) is 3. The van der Waals surface area contributed by atoms with Gasteiger partial charge in [0.05, 0.1) is 11.4 Å². The Hall–Kier alpha value is -0.870. The molecule has 0 fully saturated rings. The summed E-state index contributed by atoms with van der Waals surface area (Å²) in [5.41, 5.74) is 2.49. The molecule has 1 N–H and O–H groups in total. The van der Waals surface area contributed by atoms with Gasteiger partial charge in [-0.25, -0.2) is 0 Å². The average molecular weight is 238 g/mol. The third-order valence-corrected chi connectivity index (χ3v) is 3.08. The first kappa shape index (κ1) is 14.2. The number of aryl methyl sites for hydroxylation is 2. The van der Waals surface area contributed by atoms with E-state index >= 15 is 0 Å². The van der Waals surface area contributed by atoms with Gasteiger partial charge in [0.25, 0.3) is 0 Å². The molecule has 0 bridgehead atoms. The van der Waals surface area contributed by atoms with E-state index in [1.54, 1.807) is 0 Å². The Kier molecular flexibility index (Phi) is 6.22. The number of rotatable bonds is 8. The molecule has 0 saturated heterocycles. The third-order valence-electron chi connectivity index (χ3n) is 3.08. The fourth-order valence-corrected chi connectivity index (χ4v) is 1.88. The van der Waals surface area contributed by atoms with Crippen LogP contribution in [0.2, 0.25) is 0 Å². The summed E-state index contributed by atoms with van der Waals surface area (Å²) < 4.78 is 2.01. The Morgan fingerprint density at radius 2 is 2.12 bits per heavy atom. The van der Waals surface area contributed by atoms with Crippen LogP contribution in [0.25, 0.3) is 0 Å². The molecule has 0 amide bonds. The van der Waals surface area contributed by atoms with Gasteiger partial charge in [-0.15, -0.1) is 0 Å². The van der Waals surface area contributed by atoms with Gasteiger partial charge in [-0.05, 0) is 25.6 Å². The molecule has 4 heteroatoms.